The molecule has 3 aromatic carbocycles. The first-order valence-corrected chi connectivity index (χ1v) is 17.9. The van der Waals surface area contributed by atoms with Crippen LogP contribution in [0.2, 0.25) is 0 Å². The van der Waals surface area contributed by atoms with Gasteiger partial charge in [0, 0.05) is 36.1 Å². The number of hydrogen-bond donors (Lipinski definition) is 2. The minimum Gasteiger partial charge on any atom is -0.465 e. The van der Waals surface area contributed by atoms with Gasteiger partial charge in [0.1, 0.15) is 11.4 Å². The molecule has 3 aromatic rings. The van der Waals surface area contributed by atoms with Crippen LogP contribution >= 0.6 is 0 Å². The molecule has 5 rings (SSSR count). The number of nitrogens with one attached hydrogen (secondary N) is 2. The zero-order valence-electron chi connectivity index (χ0n) is 31.0. The summed E-state index contributed by atoms with van der Waals surface area (Å²) in [7, 11) is 1.37. The summed E-state index contributed by atoms with van der Waals surface area (Å²) in [5.74, 6) is -0.421. The highest BCUT2D eigenvalue weighted by molar-refractivity contribution is 6.01. The molecule has 2 N–H and O–H groups in total. The van der Waals surface area contributed by atoms with Gasteiger partial charge in [-0.3, -0.25) is 9.59 Å². The number of anilines is 1. The molecular formula is C41H49N5O6. The van der Waals surface area contributed by atoms with Crippen LogP contribution in [0, 0.1) is 31.6 Å². The number of Topliss-reactive ketones (excluding diaryl/α,β-unsaturated/α-hetero) is 1. The third-order valence-corrected chi connectivity index (χ3v) is 9.64. The molecule has 1 atom stereocenters. The van der Waals surface area contributed by atoms with Crippen LogP contribution in [0.25, 0.3) is 11.1 Å². The van der Waals surface area contributed by atoms with Crippen molar-refractivity contribution in [2.75, 3.05) is 25.6 Å². The first-order chi connectivity index (χ1) is 24.8. The van der Waals surface area contributed by atoms with Crippen LogP contribution in [-0.2, 0) is 25.5 Å². The Balaban J connectivity index is 1.27. The van der Waals surface area contributed by atoms with E-state index in [4.69, 9.17) is 9.47 Å². The van der Waals surface area contributed by atoms with Crippen molar-refractivity contribution in [2.45, 2.75) is 78.7 Å². The number of aryl methyl sites for hydroxylation is 2. The molecule has 0 saturated heterocycles. The molecule has 0 aromatic heterocycles. The molecule has 1 fully saturated rings. The number of rotatable bonds is 12. The zero-order chi connectivity index (χ0) is 37.4. The summed E-state index contributed by atoms with van der Waals surface area (Å²) < 4.78 is 10.3. The summed E-state index contributed by atoms with van der Waals surface area (Å²) >= 11 is 0. The number of ether oxygens (including phenoxy) is 2. The van der Waals surface area contributed by atoms with E-state index in [9.17, 15) is 19.2 Å². The van der Waals surface area contributed by atoms with E-state index in [1.807, 2.05) is 83.1 Å². The largest absolute Gasteiger partial charge is 0.465 e. The van der Waals surface area contributed by atoms with E-state index >= 15 is 0 Å². The lowest BCUT2D eigenvalue weighted by Gasteiger charge is -2.29. The summed E-state index contributed by atoms with van der Waals surface area (Å²) in [6, 6.07) is 19.0. The van der Waals surface area contributed by atoms with Gasteiger partial charge in [-0.1, -0.05) is 30.3 Å². The highest BCUT2D eigenvalue weighted by atomic mass is 16.6. The number of hydrogen-bond acceptors (Lipinski definition) is 9. The standard InChI is InChI=1S/C41H49N5O6/c1-25-19-26(2)35(39(49)51-6)22-34(25)29-11-7-27(8-12-29)20-32(38(48)45-33-17-15-31(16-18-33)37-43-24-44-46-37)21-36(47)30-13-9-28(10-14-30)23-42-40(50)52-41(3,4)5/h7-8,11-12,15-19,22,28,30,32H,9-10,13-14,20-21,23-24H2,1-6H3,(H,42,50)(H,45,48)/t28?,30?,32-/m1/s1. The van der Waals surface area contributed by atoms with Gasteiger partial charge in [-0.15, -0.1) is 5.11 Å². The van der Waals surface area contributed by atoms with E-state index in [1.54, 1.807) is 12.1 Å². The van der Waals surface area contributed by atoms with Crippen LogP contribution < -0.4 is 10.6 Å². The van der Waals surface area contributed by atoms with Gasteiger partial charge in [0.25, 0.3) is 0 Å². The molecule has 0 bridgehead atoms. The lowest BCUT2D eigenvalue weighted by molar-refractivity contribution is -0.129. The number of aliphatic imine (C=N–C) groups is 1. The predicted octanol–water partition coefficient (Wildman–Crippen LogP) is 8.01. The van der Waals surface area contributed by atoms with Crippen molar-refractivity contribution in [3.8, 4) is 11.1 Å². The number of methoxy groups -OCH3 is 1. The van der Waals surface area contributed by atoms with E-state index in [2.05, 4.69) is 25.9 Å². The highest BCUT2D eigenvalue weighted by Crippen LogP contribution is 2.32. The van der Waals surface area contributed by atoms with Crippen LogP contribution in [0.5, 0.6) is 0 Å². The molecule has 274 valence electrons. The van der Waals surface area contributed by atoms with Crippen LogP contribution in [-0.4, -0.2) is 55.5 Å². The maximum Gasteiger partial charge on any atom is 0.407 e. The van der Waals surface area contributed by atoms with Crippen molar-refractivity contribution in [1.29, 1.82) is 0 Å². The molecule has 1 heterocycles. The van der Waals surface area contributed by atoms with E-state index in [0.717, 1.165) is 46.2 Å². The van der Waals surface area contributed by atoms with Gasteiger partial charge in [0.15, 0.2) is 12.5 Å². The number of ketones is 1. The molecule has 2 aliphatic rings. The number of azo groups is 1. The number of carbonyl (C=O) groups excluding carboxylic acids is 4. The minimum absolute atomic E-state index is 0.0842. The average molecular weight is 708 g/mol. The molecular weight excluding hydrogens is 658 g/mol. The second kappa shape index (κ2) is 16.9. The Morgan fingerprint density at radius 1 is 0.885 bits per heavy atom. The van der Waals surface area contributed by atoms with Crippen molar-refractivity contribution in [3.63, 3.8) is 0 Å². The van der Waals surface area contributed by atoms with Gasteiger partial charge in [0.2, 0.25) is 5.91 Å². The van der Waals surface area contributed by atoms with E-state index in [1.165, 1.54) is 7.11 Å². The van der Waals surface area contributed by atoms with Gasteiger partial charge in [-0.25, -0.2) is 14.6 Å². The Labute approximate surface area is 305 Å². The number of nitrogens with zero attached hydrogens (tertiary/aromatic N) is 3. The molecule has 0 unspecified atom stereocenters. The SMILES string of the molecule is COC(=O)c1cc(-c2ccc(C[C@H](CC(=O)C3CCC(CNC(=O)OC(C)(C)C)CC3)C(=O)Nc3ccc(C4=NCN=N4)cc3)cc2)c(C)cc1C. The van der Waals surface area contributed by atoms with Gasteiger partial charge in [-0.2, -0.15) is 5.11 Å². The topological polar surface area (TPSA) is 148 Å². The van der Waals surface area contributed by atoms with Gasteiger partial charge in [0.05, 0.1) is 12.7 Å². The number of carbonyl (C=O) groups is 4. The van der Waals surface area contributed by atoms with Gasteiger partial charge < -0.3 is 20.1 Å². The van der Waals surface area contributed by atoms with Crippen molar-refractivity contribution in [2.24, 2.45) is 33.0 Å². The normalized spacial score (nSPS) is 17.5. The summed E-state index contributed by atoms with van der Waals surface area (Å²) in [5.41, 5.74) is 6.05. The Kier molecular flexibility index (Phi) is 12.4. The fourth-order valence-corrected chi connectivity index (χ4v) is 6.82. The fourth-order valence-electron chi connectivity index (χ4n) is 6.82. The third kappa shape index (κ3) is 10.2. The lowest BCUT2D eigenvalue weighted by atomic mass is 9.77. The highest BCUT2D eigenvalue weighted by Gasteiger charge is 2.31. The van der Waals surface area contributed by atoms with Crippen LogP contribution in [0.4, 0.5) is 10.5 Å². The van der Waals surface area contributed by atoms with Crippen molar-refractivity contribution in [3.05, 3.63) is 88.5 Å². The first kappa shape index (κ1) is 38.1. The molecule has 0 spiro atoms. The fraction of sp³-hybridized carbons (Fsp3) is 0.439. The monoisotopic (exact) mass is 707 g/mol. The Morgan fingerprint density at radius 2 is 1.56 bits per heavy atom. The van der Waals surface area contributed by atoms with Gasteiger partial charge in [-0.05, 0) is 131 Å². The molecule has 2 amide bonds. The summed E-state index contributed by atoms with van der Waals surface area (Å²) in [6.07, 6.45) is 3.13. The number of benzene rings is 3. The zero-order valence-corrected chi connectivity index (χ0v) is 31.0. The smallest absolute Gasteiger partial charge is 0.407 e. The quantitative estimate of drug-likeness (QED) is 0.182. The Morgan fingerprint density at radius 3 is 2.17 bits per heavy atom. The summed E-state index contributed by atoms with van der Waals surface area (Å²) in [4.78, 5) is 56.4. The molecule has 11 nitrogen and oxygen atoms in total. The number of alkyl carbamates (subject to hydrolysis) is 1. The van der Waals surface area contributed by atoms with E-state index < -0.39 is 17.6 Å². The second-order valence-electron chi connectivity index (χ2n) is 14.8. The first-order valence-electron chi connectivity index (χ1n) is 17.9. The Hall–Kier alpha value is -5.19. The number of amidine groups is 1. The molecule has 1 saturated carbocycles. The van der Waals surface area contributed by atoms with Crippen molar-refractivity contribution < 1.29 is 28.7 Å². The van der Waals surface area contributed by atoms with Crippen LogP contribution in [0.3, 0.4) is 0 Å². The number of amides is 2. The van der Waals surface area contributed by atoms with Crippen LogP contribution in [0.1, 0.15) is 85.5 Å². The van der Waals surface area contributed by atoms with E-state index in [0.29, 0.717) is 49.6 Å². The van der Waals surface area contributed by atoms with Crippen LogP contribution in [0.15, 0.2) is 75.9 Å². The number of esters is 1. The van der Waals surface area contributed by atoms with Gasteiger partial charge >= 0.3 is 12.1 Å². The second-order valence-corrected chi connectivity index (χ2v) is 14.8. The predicted molar refractivity (Wildman–Crippen MR) is 201 cm³/mol. The third-order valence-electron chi connectivity index (χ3n) is 9.64. The van der Waals surface area contributed by atoms with Crippen molar-refractivity contribution in [1.82, 2.24) is 5.32 Å². The van der Waals surface area contributed by atoms with E-state index in [-0.39, 0.29) is 35.9 Å². The molecule has 1 aliphatic heterocycles. The molecule has 0 radical (unpaired) electrons. The average Bonchev–Trinajstić information content (AvgIpc) is 3.66. The Bertz CT molecular complexity index is 1830. The molecule has 1 aliphatic carbocycles. The maximum absolute atomic E-state index is 13.9. The minimum atomic E-state index is -0.593. The van der Waals surface area contributed by atoms with Crippen molar-refractivity contribution >= 4 is 35.3 Å². The summed E-state index contributed by atoms with van der Waals surface area (Å²) in [5, 5.41) is 13.8. The summed E-state index contributed by atoms with van der Waals surface area (Å²) in [6.45, 7) is 10.2. The lowest BCUT2D eigenvalue weighted by Crippen LogP contribution is -2.37. The molecule has 52 heavy (non-hydrogen) atoms. The molecule has 11 heteroatoms. The maximum atomic E-state index is 13.9.